The van der Waals surface area contributed by atoms with E-state index in [0.29, 0.717) is 0 Å². The summed E-state index contributed by atoms with van der Waals surface area (Å²) in [5.74, 6) is 2.16. The van der Waals surface area contributed by atoms with Crippen molar-refractivity contribution in [1.82, 2.24) is 24.0 Å². The van der Waals surface area contributed by atoms with Crippen molar-refractivity contribution in [1.29, 1.82) is 0 Å². The molecule has 3 heterocycles. The minimum Gasteiger partial charge on any atom is -0.353 e. The zero-order valence-corrected chi connectivity index (χ0v) is 13.3. The number of nitrogens with zero attached hydrogens (tertiary/aromatic N) is 6. The van der Waals surface area contributed by atoms with Crippen molar-refractivity contribution < 1.29 is 0 Å². The third-order valence-electron chi connectivity index (χ3n) is 4.20. The second-order valence-corrected chi connectivity index (χ2v) is 6.37. The summed E-state index contributed by atoms with van der Waals surface area (Å²) in [4.78, 5) is 9.13. The highest BCUT2D eigenvalue weighted by molar-refractivity contribution is 7.13. The van der Waals surface area contributed by atoms with Gasteiger partial charge in [-0.2, -0.15) is 9.47 Å². The lowest BCUT2D eigenvalue weighted by atomic mass is 10.2. The highest BCUT2D eigenvalue weighted by Crippen LogP contribution is 2.29. The third kappa shape index (κ3) is 2.46. The van der Waals surface area contributed by atoms with Gasteiger partial charge in [0.2, 0.25) is 0 Å². The Morgan fingerprint density at radius 2 is 1.95 bits per heavy atom. The Labute approximate surface area is 133 Å². The fraction of sp³-hybridized carbons (Fsp3) is 0.400. The summed E-state index contributed by atoms with van der Waals surface area (Å²) >= 11 is 1.59. The van der Waals surface area contributed by atoms with Gasteiger partial charge in [-0.05, 0) is 23.7 Å². The molecule has 22 heavy (non-hydrogen) atoms. The number of hydrogen-bond acceptors (Lipinski definition) is 6. The molecule has 0 atom stereocenters. The minimum atomic E-state index is 0.863. The van der Waals surface area contributed by atoms with Crippen molar-refractivity contribution >= 4 is 27.4 Å². The van der Waals surface area contributed by atoms with Gasteiger partial charge in [-0.1, -0.05) is 12.1 Å². The topological polar surface area (TPSA) is 50.1 Å². The smallest absolute Gasteiger partial charge is 0.150 e. The number of anilines is 1. The molecule has 0 amide bonds. The Kier molecular flexibility index (Phi) is 3.51. The number of aryl methyl sites for hydroxylation is 1. The molecule has 0 radical (unpaired) electrons. The second kappa shape index (κ2) is 5.66. The second-order valence-electron chi connectivity index (χ2n) is 5.57. The number of aromatic nitrogens is 4. The molecule has 2 aromatic heterocycles. The fourth-order valence-corrected chi connectivity index (χ4v) is 3.68. The van der Waals surface area contributed by atoms with E-state index in [1.165, 1.54) is 10.1 Å². The lowest BCUT2D eigenvalue weighted by Crippen LogP contribution is -2.46. The molecular formula is C15H18N6S. The van der Waals surface area contributed by atoms with Crippen LogP contribution in [0.25, 0.3) is 10.1 Å². The van der Waals surface area contributed by atoms with Crippen LogP contribution in [0.5, 0.6) is 0 Å². The summed E-state index contributed by atoms with van der Waals surface area (Å²) < 4.78 is 7.77. The van der Waals surface area contributed by atoms with Crippen molar-refractivity contribution in [2.45, 2.75) is 6.54 Å². The van der Waals surface area contributed by atoms with Crippen LogP contribution in [0.15, 0.2) is 30.6 Å². The predicted octanol–water partition coefficient (Wildman–Crippen LogP) is 1.75. The van der Waals surface area contributed by atoms with Gasteiger partial charge in [0.1, 0.15) is 18.0 Å². The summed E-state index contributed by atoms with van der Waals surface area (Å²) in [6.07, 6.45) is 1.62. The fourth-order valence-electron chi connectivity index (χ4n) is 2.88. The molecule has 1 aromatic carbocycles. The van der Waals surface area contributed by atoms with Crippen molar-refractivity contribution in [2.75, 3.05) is 31.1 Å². The Bertz CT molecular complexity index is 771. The van der Waals surface area contributed by atoms with E-state index in [1.807, 2.05) is 11.7 Å². The van der Waals surface area contributed by atoms with Crippen LogP contribution in [0.2, 0.25) is 0 Å². The molecule has 1 aliphatic heterocycles. The van der Waals surface area contributed by atoms with E-state index in [1.54, 1.807) is 17.9 Å². The monoisotopic (exact) mass is 314 g/mol. The normalized spacial score (nSPS) is 16.5. The maximum absolute atomic E-state index is 4.66. The van der Waals surface area contributed by atoms with Crippen LogP contribution in [0.4, 0.5) is 5.82 Å². The van der Waals surface area contributed by atoms with E-state index in [9.17, 15) is 0 Å². The number of rotatable bonds is 3. The maximum Gasteiger partial charge on any atom is 0.150 e. The third-order valence-corrected chi connectivity index (χ3v) is 5.02. The Morgan fingerprint density at radius 1 is 1.14 bits per heavy atom. The molecule has 0 N–H and O–H groups in total. The quantitative estimate of drug-likeness (QED) is 0.737. The molecule has 0 spiro atoms. The zero-order valence-electron chi connectivity index (χ0n) is 12.5. The van der Waals surface area contributed by atoms with Crippen molar-refractivity contribution in [3.63, 3.8) is 0 Å². The van der Waals surface area contributed by atoms with E-state index < -0.39 is 0 Å². The molecule has 1 fully saturated rings. The first-order valence-electron chi connectivity index (χ1n) is 7.46. The van der Waals surface area contributed by atoms with Crippen LogP contribution in [-0.4, -0.2) is 50.2 Å². The van der Waals surface area contributed by atoms with Crippen molar-refractivity contribution in [3.8, 4) is 0 Å². The summed E-state index contributed by atoms with van der Waals surface area (Å²) in [6.45, 7) is 4.93. The zero-order chi connectivity index (χ0) is 14.9. The summed E-state index contributed by atoms with van der Waals surface area (Å²) in [6, 6.07) is 8.47. The van der Waals surface area contributed by atoms with E-state index in [2.05, 4.69) is 48.5 Å². The SMILES string of the molecule is Cn1ncnc1CN1CCN(c2nsc3ccccc23)CC1. The molecule has 3 aromatic rings. The van der Waals surface area contributed by atoms with Gasteiger partial charge in [-0.15, -0.1) is 0 Å². The minimum absolute atomic E-state index is 0.863. The van der Waals surface area contributed by atoms with Gasteiger partial charge < -0.3 is 4.90 Å². The average molecular weight is 314 g/mol. The van der Waals surface area contributed by atoms with Gasteiger partial charge in [0.05, 0.1) is 11.2 Å². The van der Waals surface area contributed by atoms with E-state index in [4.69, 9.17) is 0 Å². The molecule has 114 valence electrons. The molecular weight excluding hydrogens is 296 g/mol. The standard InChI is InChI=1S/C15H18N6S/c1-19-14(16-11-17-19)10-20-6-8-21(9-7-20)15-12-4-2-3-5-13(12)22-18-15/h2-5,11H,6-10H2,1H3. The van der Waals surface area contributed by atoms with Crippen LogP contribution in [0.3, 0.4) is 0 Å². The van der Waals surface area contributed by atoms with Crippen LogP contribution in [-0.2, 0) is 13.6 Å². The Morgan fingerprint density at radius 3 is 2.73 bits per heavy atom. The van der Waals surface area contributed by atoms with Crippen molar-refractivity contribution in [2.24, 2.45) is 7.05 Å². The molecule has 6 nitrogen and oxygen atoms in total. The van der Waals surface area contributed by atoms with Gasteiger partial charge in [-0.3, -0.25) is 9.58 Å². The van der Waals surface area contributed by atoms with Crippen LogP contribution in [0, 0.1) is 0 Å². The molecule has 4 rings (SSSR count). The van der Waals surface area contributed by atoms with Gasteiger partial charge in [0.25, 0.3) is 0 Å². The number of hydrogen-bond donors (Lipinski definition) is 0. The Balaban J connectivity index is 1.44. The van der Waals surface area contributed by atoms with Crippen LogP contribution < -0.4 is 4.90 Å². The highest BCUT2D eigenvalue weighted by atomic mass is 32.1. The molecule has 0 saturated carbocycles. The summed E-state index contributed by atoms with van der Waals surface area (Å²) in [5, 5.41) is 5.40. The van der Waals surface area contributed by atoms with Crippen LogP contribution in [0.1, 0.15) is 5.82 Å². The highest BCUT2D eigenvalue weighted by Gasteiger charge is 2.21. The van der Waals surface area contributed by atoms with Crippen LogP contribution >= 0.6 is 11.5 Å². The molecule has 7 heteroatoms. The first kappa shape index (κ1) is 13.7. The van der Waals surface area contributed by atoms with Gasteiger partial charge in [-0.25, -0.2) is 4.98 Å². The van der Waals surface area contributed by atoms with Crippen molar-refractivity contribution in [3.05, 3.63) is 36.4 Å². The maximum atomic E-state index is 4.66. The Hall–Kier alpha value is -1.99. The molecule has 1 aliphatic rings. The largest absolute Gasteiger partial charge is 0.353 e. The average Bonchev–Trinajstić information content (AvgIpc) is 3.15. The lowest BCUT2D eigenvalue weighted by molar-refractivity contribution is 0.240. The van der Waals surface area contributed by atoms with Gasteiger partial charge >= 0.3 is 0 Å². The van der Waals surface area contributed by atoms with E-state index >= 15 is 0 Å². The number of fused-ring (bicyclic) bond motifs is 1. The van der Waals surface area contributed by atoms with E-state index in [0.717, 1.165) is 44.4 Å². The van der Waals surface area contributed by atoms with Gasteiger partial charge in [0, 0.05) is 38.6 Å². The molecule has 0 aliphatic carbocycles. The first-order chi connectivity index (χ1) is 10.8. The molecule has 1 saturated heterocycles. The summed E-state index contributed by atoms with van der Waals surface area (Å²) in [5.41, 5.74) is 0. The van der Waals surface area contributed by atoms with Gasteiger partial charge in [0.15, 0.2) is 0 Å². The predicted molar refractivity (Wildman–Crippen MR) is 88.1 cm³/mol. The number of benzene rings is 1. The molecule has 0 bridgehead atoms. The lowest BCUT2D eigenvalue weighted by Gasteiger charge is -2.34. The number of piperazine rings is 1. The summed E-state index contributed by atoms with van der Waals surface area (Å²) in [7, 11) is 1.94. The molecule has 0 unspecified atom stereocenters. The van der Waals surface area contributed by atoms with E-state index in [-0.39, 0.29) is 0 Å². The first-order valence-corrected chi connectivity index (χ1v) is 8.23.